The van der Waals surface area contributed by atoms with E-state index in [4.69, 9.17) is 9.47 Å². The predicted octanol–water partition coefficient (Wildman–Crippen LogP) is 4.22. The Balaban J connectivity index is 1.38. The molecule has 5 nitrogen and oxygen atoms in total. The second kappa shape index (κ2) is 8.24. The van der Waals surface area contributed by atoms with Crippen molar-refractivity contribution in [2.45, 2.75) is 6.92 Å². The summed E-state index contributed by atoms with van der Waals surface area (Å²) in [7, 11) is 0. The van der Waals surface area contributed by atoms with Gasteiger partial charge in [0.2, 0.25) is 0 Å². The van der Waals surface area contributed by atoms with Crippen molar-refractivity contribution in [3.8, 4) is 11.5 Å². The van der Waals surface area contributed by atoms with Gasteiger partial charge >= 0.3 is 0 Å². The summed E-state index contributed by atoms with van der Waals surface area (Å²) in [6.07, 6.45) is 1.87. The van der Waals surface area contributed by atoms with Crippen LogP contribution >= 0.6 is 11.3 Å². The van der Waals surface area contributed by atoms with Crippen molar-refractivity contribution in [1.29, 1.82) is 0 Å². The average molecular weight is 429 g/mol. The van der Waals surface area contributed by atoms with E-state index in [1.807, 2.05) is 85.8 Å². The van der Waals surface area contributed by atoms with Crippen LogP contribution in [0.2, 0.25) is 0 Å². The van der Waals surface area contributed by atoms with Gasteiger partial charge in [-0.05, 0) is 43.3 Å². The first-order valence-corrected chi connectivity index (χ1v) is 10.8. The van der Waals surface area contributed by atoms with Gasteiger partial charge in [0.05, 0.1) is 15.6 Å². The van der Waals surface area contributed by atoms with Crippen LogP contribution in [-0.4, -0.2) is 22.6 Å². The molecule has 0 aliphatic rings. The molecule has 0 radical (unpaired) electrons. The van der Waals surface area contributed by atoms with Gasteiger partial charge in [-0.3, -0.25) is 4.79 Å². The molecular weight excluding hydrogens is 408 g/mol. The van der Waals surface area contributed by atoms with Crippen molar-refractivity contribution in [3.05, 3.63) is 98.8 Å². The van der Waals surface area contributed by atoms with Crippen LogP contribution < -0.4 is 19.6 Å². The Bertz CT molecular complexity index is 1470. The van der Waals surface area contributed by atoms with Gasteiger partial charge in [-0.25, -0.2) is 9.38 Å². The first kappa shape index (κ1) is 19.3. The second-order valence-corrected chi connectivity index (χ2v) is 8.19. The van der Waals surface area contributed by atoms with E-state index in [0.29, 0.717) is 28.5 Å². The monoisotopic (exact) mass is 428 g/mol. The van der Waals surface area contributed by atoms with Crippen LogP contribution in [0.15, 0.2) is 77.6 Å². The minimum absolute atomic E-state index is 0.0637. The number of aromatic nitrogens is 2. The van der Waals surface area contributed by atoms with Crippen molar-refractivity contribution in [2.24, 2.45) is 0 Å². The third kappa shape index (κ3) is 3.90. The highest BCUT2D eigenvalue weighted by Crippen LogP contribution is 2.20. The third-order valence-electron chi connectivity index (χ3n) is 4.98. The highest BCUT2D eigenvalue weighted by molar-refractivity contribution is 7.15. The van der Waals surface area contributed by atoms with Gasteiger partial charge in [-0.1, -0.05) is 59.4 Å². The Morgan fingerprint density at radius 1 is 0.935 bits per heavy atom. The molecule has 0 saturated carbocycles. The summed E-state index contributed by atoms with van der Waals surface area (Å²) in [5.41, 5.74) is 3.64. The highest BCUT2D eigenvalue weighted by atomic mass is 32.1. The van der Waals surface area contributed by atoms with Gasteiger partial charge < -0.3 is 9.47 Å². The van der Waals surface area contributed by atoms with Crippen LogP contribution in [-0.2, 0) is 0 Å². The first-order chi connectivity index (χ1) is 15.2. The molecule has 0 aliphatic heterocycles. The largest absolute Gasteiger partial charge is 0.490 e. The van der Waals surface area contributed by atoms with Gasteiger partial charge in [-0.2, -0.15) is 0 Å². The molecule has 31 heavy (non-hydrogen) atoms. The molecule has 0 atom stereocenters. The Kier molecular flexibility index (Phi) is 5.14. The lowest BCUT2D eigenvalue weighted by Gasteiger charge is -2.10. The fourth-order valence-corrected chi connectivity index (χ4v) is 4.41. The van der Waals surface area contributed by atoms with E-state index in [1.54, 1.807) is 4.40 Å². The van der Waals surface area contributed by atoms with Crippen LogP contribution in [0.3, 0.4) is 0 Å². The number of nitrogens with zero attached hydrogens (tertiary/aromatic N) is 2. The van der Waals surface area contributed by atoms with Crippen molar-refractivity contribution >= 4 is 33.4 Å². The van der Waals surface area contributed by atoms with Crippen LogP contribution in [0.5, 0.6) is 11.5 Å². The smallest absolute Gasteiger partial charge is 0.274 e. The Morgan fingerprint density at radius 2 is 1.68 bits per heavy atom. The predicted molar refractivity (Wildman–Crippen MR) is 124 cm³/mol. The molecule has 0 amide bonds. The number of hydrogen-bond donors (Lipinski definition) is 0. The number of fused-ring (bicyclic) bond motifs is 3. The van der Waals surface area contributed by atoms with E-state index in [0.717, 1.165) is 22.3 Å². The van der Waals surface area contributed by atoms with Crippen LogP contribution in [0.1, 0.15) is 11.1 Å². The zero-order chi connectivity index (χ0) is 21.2. The van der Waals surface area contributed by atoms with Gasteiger partial charge in [0, 0.05) is 5.56 Å². The molecule has 0 aliphatic carbocycles. The summed E-state index contributed by atoms with van der Waals surface area (Å²) in [5.74, 6) is 1.53. The molecule has 0 saturated heterocycles. The van der Waals surface area contributed by atoms with Crippen molar-refractivity contribution in [3.63, 3.8) is 0 Å². The number of rotatable bonds is 6. The normalized spacial score (nSPS) is 12.0. The number of aryl methyl sites for hydroxylation is 1. The molecule has 6 heteroatoms. The van der Waals surface area contributed by atoms with Gasteiger partial charge in [-0.15, -0.1) is 0 Å². The SMILES string of the molecule is Cc1ccc(OCCOc2ccccc2C=c2sc3nc4ccccc4n3c2=O)cc1. The van der Waals surface area contributed by atoms with Crippen LogP contribution in [0, 0.1) is 6.92 Å². The summed E-state index contributed by atoms with van der Waals surface area (Å²) in [5, 5.41) is 0. The zero-order valence-electron chi connectivity index (χ0n) is 16.9. The molecule has 2 aromatic heterocycles. The molecule has 0 unspecified atom stereocenters. The van der Waals surface area contributed by atoms with Gasteiger partial charge in [0.15, 0.2) is 4.96 Å². The zero-order valence-corrected chi connectivity index (χ0v) is 17.8. The topological polar surface area (TPSA) is 52.8 Å². The van der Waals surface area contributed by atoms with Crippen LogP contribution in [0.25, 0.3) is 22.1 Å². The van der Waals surface area contributed by atoms with Crippen molar-refractivity contribution in [1.82, 2.24) is 9.38 Å². The average Bonchev–Trinajstić information content (AvgIpc) is 3.30. The first-order valence-electron chi connectivity index (χ1n) is 10.0. The number of imidazole rings is 1. The summed E-state index contributed by atoms with van der Waals surface area (Å²) >= 11 is 1.38. The number of hydrogen-bond acceptors (Lipinski definition) is 5. The number of thiazole rings is 1. The van der Waals surface area contributed by atoms with E-state index in [-0.39, 0.29) is 5.56 Å². The Labute approximate surface area is 182 Å². The molecule has 0 fully saturated rings. The summed E-state index contributed by atoms with van der Waals surface area (Å²) in [4.78, 5) is 18.3. The maximum atomic E-state index is 13.0. The fraction of sp³-hybridized carbons (Fsp3) is 0.120. The lowest BCUT2D eigenvalue weighted by Crippen LogP contribution is -2.22. The Hall–Kier alpha value is -3.64. The third-order valence-corrected chi connectivity index (χ3v) is 5.95. The van der Waals surface area contributed by atoms with Crippen LogP contribution in [0.4, 0.5) is 0 Å². The minimum atomic E-state index is -0.0637. The maximum Gasteiger partial charge on any atom is 0.274 e. The molecule has 0 bridgehead atoms. The van der Waals surface area contributed by atoms with E-state index >= 15 is 0 Å². The Morgan fingerprint density at radius 3 is 2.55 bits per heavy atom. The summed E-state index contributed by atoms with van der Waals surface area (Å²) in [6, 6.07) is 23.3. The maximum absolute atomic E-state index is 13.0. The number of ether oxygens (including phenoxy) is 2. The quantitative estimate of drug-likeness (QED) is 0.380. The number of para-hydroxylation sites is 3. The van der Waals surface area contributed by atoms with Crippen molar-refractivity contribution in [2.75, 3.05) is 13.2 Å². The van der Waals surface area contributed by atoms with Gasteiger partial charge in [0.25, 0.3) is 5.56 Å². The summed E-state index contributed by atoms with van der Waals surface area (Å²) < 4.78 is 14.0. The number of benzene rings is 3. The van der Waals surface area contributed by atoms with Gasteiger partial charge in [0.1, 0.15) is 24.7 Å². The lowest BCUT2D eigenvalue weighted by atomic mass is 10.2. The molecular formula is C25H20N2O3S. The van der Waals surface area contributed by atoms with E-state index < -0.39 is 0 Å². The summed E-state index contributed by atoms with van der Waals surface area (Å²) in [6.45, 7) is 2.88. The lowest BCUT2D eigenvalue weighted by molar-refractivity contribution is 0.217. The molecule has 5 aromatic rings. The molecule has 0 N–H and O–H groups in total. The minimum Gasteiger partial charge on any atom is -0.490 e. The molecule has 154 valence electrons. The molecule has 0 spiro atoms. The standard InChI is InChI=1S/C25H20N2O3S/c1-17-10-12-19(13-11-17)29-14-15-30-22-9-5-2-6-18(22)16-23-24(28)27-21-8-4-3-7-20(21)26-25(27)31-23/h2-13,16H,14-15H2,1H3. The fourth-order valence-electron chi connectivity index (χ4n) is 3.43. The van der Waals surface area contributed by atoms with E-state index in [1.165, 1.54) is 16.9 Å². The molecule has 2 heterocycles. The van der Waals surface area contributed by atoms with Crippen molar-refractivity contribution < 1.29 is 9.47 Å². The highest BCUT2D eigenvalue weighted by Gasteiger charge is 2.11. The van der Waals surface area contributed by atoms with E-state index in [9.17, 15) is 4.79 Å². The van der Waals surface area contributed by atoms with E-state index in [2.05, 4.69) is 4.98 Å². The molecule has 3 aromatic carbocycles. The molecule has 5 rings (SSSR count). The second-order valence-electron chi connectivity index (χ2n) is 7.18.